The Hall–Kier alpha value is -2.64. The molecule has 2 aliphatic heterocycles. The quantitative estimate of drug-likeness (QED) is 0.797. The molecule has 132 valence electrons. The first kappa shape index (κ1) is 16.8. The summed E-state index contributed by atoms with van der Waals surface area (Å²) in [4.78, 5) is 25.3. The van der Waals surface area contributed by atoms with Crippen LogP contribution < -0.4 is 0 Å². The highest BCUT2D eigenvalue weighted by atomic mass is 35.5. The lowest BCUT2D eigenvalue weighted by Gasteiger charge is -2.42. The molecule has 0 fully saturated rings. The summed E-state index contributed by atoms with van der Waals surface area (Å²) in [5, 5.41) is 13.4. The largest absolute Gasteiger partial charge is 0.273 e. The van der Waals surface area contributed by atoms with Gasteiger partial charge in [0.15, 0.2) is 5.84 Å². The average Bonchev–Trinajstić information content (AvgIpc) is 3.15. The van der Waals surface area contributed by atoms with Crippen molar-refractivity contribution in [3.8, 4) is 0 Å². The van der Waals surface area contributed by atoms with Crippen LogP contribution in [0.1, 0.15) is 11.1 Å². The molecule has 0 unspecified atom stereocenters. The Morgan fingerprint density at radius 1 is 1.04 bits per heavy atom. The lowest BCUT2D eigenvalue weighted by atomic mass is 9.92. The van der Waals surface area contributed by atoms with E-state index in [1.807, 2.05) is 29.0 Å². The molecule has 4 rings (SSSR count). The Morgan fingerprint density at radius 3 is 2.42 bits per heavy atom. The fraction of sp³-hybridized carbons (Fsp3) is 0.167. The first-order valence-corrected chi connectivity index (χ1v) is 9.23. The van der Waals surface area contributed by atoms with Crippen LogP contribution in [0, 0.1) is 0 Å². The van der Waals surface area contributed by atoms with E-state index in [4.69, 9.17) is 11.6 Å². The van der Waals surface area contributed by atoms with Crippen molar-refractivity contribution in [2.24, 2.45) is 5.10 Å². The zero-order chi connectivity index (χ0) is 18.4. The molecule has 0 saturated heterocycles. The van der Waals surface area contributed by atoms with Gasteiger partial charge >= 0.3 is 0 Å². The predicted molar refractivity (Wildman–Crippen MR) is 102 cm³/mol. The molecule has 26 heavy (non-hydrogen) atoms. The summed E-state index contributed by atoms with van der Waals surface area (Å²) in [6, 6.07) is 9.11. The molecule has 1 aromatic carbocycles. The molecule has 0 radical (unpaired) electrons. The number of hydrogen-bond acceptors (Lipinski definition) is 5. The lowest BCUT2D eigenvalue weighted by molar-refractivity contribution is -0.142. The molecular formula is C18H15ClN4O2S. The number of carbonyl (C=O) groups excluding carboxylic acids is 2. The summed E-state index contributed by atoms with van der Waals surface area (Å²) in [5.74, 6) is 0.218. The van der Waals surface area contributed by atoms with Gasteiger partial charge < -0.3 is 0 Å². The van der Waals surface area contributed by atoms with Crippen molar-refractivity contribution in [1.82, 2.24) is 15.0 Å². The smallest absolute Gasteiger partial charge is 0.271 e. The van der Waals surface area contributed by atoms with E-state index in [1.54, 1.807) is 42.6 Å². The van der Waals surface area contributed by atoms with Crippen molar-refractivity contribution < 1.29 is 9.59 Å². The van der Waals surface area contributed by atoms with Crippen LogP contribution in [0.25, 0.3) is 11.1 Å². The molecule has 1 aromatic heterocycles. The van der Waals surface area contributed by atoms with E-state index in [-0.39, 0.29) is 18.4 Å². The number of benzene rings is 1. The number of rotatable bonds is 2. The number of hydrogen-bond donors (Lipinski definition) is 0. The molecule has 2 aliphatic rings. The van der Waals surface area contributed by atoms with Crippen molar-refractivity contribution in [3.05, 3.63) is 57.2 Å². The van der Waals surface area contributed by atoms with Gasteiger partial charge in [0.05, 0.1) is 5.57 Å². The second kappa shape index (κ2) is 6.26. The van der Waals surface area contributed by atoms with Gasteiger partial charge in [0, 0.05) is 24.7 Å². The first-order chi connectivity index (χ1) is 12.5. The van der Waals surface area contributed by atoms with Gasteiger partial charge in [-0.25, -0.2) is 5.01 Å². The van der Waals surface area contributed by atoms with Crippen LogP contribution in [0.4, 0.5) is 0 Å². The van der Waals surface area contributed by atoms with E-state index >= 15 is 0 Å². The molecule has 8 heteroatoms. The number of carbonyl (C=O) groups is 2. The molecule has 0 spiro atoms. The minimum Gasteiger partial charge on any atom is -0.271 e. The molecule has 0 N–H and O–H groups in total. The van der Waals surface area contributed by atoms with E-state index in [9.17, 15) is 9.59 Å². The highest BCUT2D eigenvalue weighted by molar-refractivity contribution is 7.08. The van der Waals surface area contributed by atoms with E-state index in [1.165, 1.54) is 10.0 Å². The minimum absolute atomic E-state index is 0.0686. The van der Waals surface area contributed by atoms with Crippen LogP contribution in [0.3, 0.4) is 0 Å². The van der Waals surface area contributed by atoms with Gasteiger partial charge in [-0.1, -0.05) is 23.7 Å². The monoisotopic (exact) mass is 386 g/mol. The third-order valence-electron chi connectivity index (χ3n) is 4.42. The highest BCUT2D eigenvalue weighted by Gasteiger charge is 2.40. The summed E-state index contributed by atoms with van der Waals surface area (Å²) in [6.45, 7) is 0.0686. The van der Waals surface area contributed by atoms with E-state index in [0.29, 0.717) is 16.4 Å². The van der Waals surface area contributed by atoms with Crippen molar-refractivity contribution in [2.45, 2.75) is 0 Å². The maximum absolute atomic E-state index is 13.2. The zero-order valence-electron chi connectivity index (χ0n) is 14.1. The van der Waals surface area contributed by atoms with Crippen molar-refractivity contribution >= 4 is 51.7 Å². The number of nitrogens with zero attached hydrogens (tertiary/aromatic N) is 4. The number of hydrazine groups is 1. The number of amides is 2. The summed E-state index contributed by atoms with van der Waals surface area (Å²) in [7, 11) is 3.27. The molecule has 0 aliphatic carbocycles. The topological polar surface area (TPSA) is 56.2 Å². The molecule has 0 saturated carbocycles. The first-order valence-electron chi connectivity index (χ1n) is 7.91. The Balaban J connectivity index is 2.02. The predicted octanol–water partition coefficient (Wildman–Crippen LogP) is 2.79. The fourth-order valence-electron chi connectivity index (χ4n) is 3.04. The normalized spacial score (nSPS) is 17.7. The molecular weight excluding hydrogens is 372 g/mol. The number of amidine groups is 1. The second-order valence-electron chi connectivity index (χ2n) is 6.00. The third-order valence-corrected chi connectivity index (χ3v) is 5.36. The molecule has 2 amide bonds. The number of thiophene rings is 1. The summed E-state index contributed by atoms with van der Waals surface area (Å²) in [5.41, 5.74) is 2.92. The van der Waals surface area contributed by atoms with Crippen LogP contribution >= 0.6 is 22.9 Å². The SMILES string of the molecule is CN1N=C2C(c3ccsc3)=C(c3ccc(Cl)cc3)C(=O)N(C)N2CC1=O. The Kier molecular flexibility index (Phi) is 4.05. The lowest BCUT2D eigenvalue weighted by Crippen LogP contribution is -2.57. The minimum atomic E-state index is -0.190. The summed E-state index contributed by atoms with van der Waals surface area (Å²) in [6.07, 6.45) is 0. The van der Waals surface area contributed by atoms with Crippen LogP contribution in [0.2, 0.25) is 5.02 Å². The van der Waals surface area contributed by atoms with Crippen LogP contribution in [0.15, 0.2) is 46.2 Å². The second-order valence-corrected chi connectivity index (χ2v) is 7.21. The molecule has 2 aromatic rings. The van der Waals surface area contributed by atoms with Crippen LogP contribution in [-0.2, 0) is 9.59 Å². The average molecular weight is 387 g/mol. The third kappa shape index (κ3) is 2.60. The van der Waals surface area contributed by atoms with Gasteiger partial charge in [-0.2, -0.15) is 11.3 Å². The number of hydrazone groups is 1. The van der Waals surface area contributed by atoms with Crippen LogP contribution in [-0.4, -0.2) is 53.3 Å². The number of halogens is 1. The van der Waals surface area contributed by atoms with Crippen molar-refractivity contribution in [1.29, 1.82) is 0 Å². The van der Waals surface area contributed by atoms with Gasteiger partial charge in [0.2, 0.25) is 0 Å². The van der Waals surface area contributed by atoms with Gasteiger partial charge in [-0.3, -0.25) is 19.6 Å². The Morgan fingerprint density at radius 2 is 1.77 bits per heavy atom. The van der Waals surface area contributed by atoms with Gasteiger partial charge in [0.1, 0.15) is 6.54 Å². The molecule has 6 nitrogen and oxygen atoms in total. The number of fused-ring (bicyclic) bond motifs is 1. The number of likely N-dealkylation sites (N-methyl/N-ethyl adjacent to an activating group) is 2. The fourth-order valence-corrected chi connectivity index (χ4v) is 3.81. The highest BCUT2D eigenvalue weighted by Crippen LogP contribution is 2.36. The van der Waals surface area contributed by atoms with Gasteiger partial charge in [-0.05, 0) is 40.1 Å². The Labute approximate surface area is 159 Å². The summed E-state index contributed by atoms with van der Waals surface area (Å²) >= 11 is 7.55. The van der Waals surface area contributed by atoms with Crippen LogP contribution in [0.5, 0.6) is 0 Å². The van der Waals surface area contributed by atoms with E-state index < -0.39 is 0 Å². The van der Waals surface area contributed by atoms with E-state index in [2.05, 4.69) is 5.10 Å². The molecule has 0 bridgehead atoms. The standard InChI is InChI=1S/C18H15ClN4O2S/c1-21-14(24)9-23-17(20-21)15(12-7-8-26-10-12)16(18(25)22(23)2)11-3-5-13(19)6-4-11/h3-8,10H,9H2,1-2H3. The maximum atomic E-state index is 13.2. The molecule has 0 atom stereocenters. The van der Waals surface area contributed by atoms with E-state index in [0.717, 1.165) is 16.7 Å². The Bertz CT molecular complexity index is 950. The summed E-state index contributed by atoms with van der Waals surface area (Å²) < 4.78 is 0. The van der Waals surface area contributed by atoms with Crippen molar-refractivity contribution in [3.63, 3.8) is 0 Å². The van der Waals surface area contributed by atoms with Gasteiger partial charge in [-0.15, -0.1) is 5.10 Å². The van der Waals surface area contributed by atoms with Gasteiger partial charge in [0.25, 0.3) is 11.8 Å². The zero-order valence-corrected chi connectivity index (χ0v) is 15.7. The maximum Gasteiger partial charge on any atom is 0.273 e. The van der Waals surface area contributed by atoms with Crippen molar-refractivity contribution in [2.75, 3.05) is 20.6 Å². The molecule has 3 heterocycles.